The molecule has 4 heterocycles. The number of unbranched alkanes of at least 4 members (excludes halogenated alkanes) is 1. The smallest absolute Gasteiger partial charge is 0.325 e. The first-order valence-electron chi connectivity index (χ1n) is 14.5. The van der Waals surface area contributed by atoms with Crippen LogP contribution in [0.15, 0.2) is 30.3 Å². The van der Waals surface area contributed by atoms with Gasteiger partial charge in [-0.25, -0.2) is 4.98 Å². The van der Waals surface area contributed by atoms with E-state index in [4.69, 9.17) is 14.5 Å². The zero-order valence-corrected chi connectivity index (χ0v) is 22.9. The second kappa shape index (κ2) is 12.9. The average Bonchev–Trinajstić information content (AvgIpc) is 3.41. The molecule has 2 saturated heterocycles. The van der Waals surface area contributed by atoms with Gasteiger partial charge in [-0.15, -0.1) is 0 Å². The lowest BCUT2D eigenvalue weighted by Gasteiger charge is -2.32. The number of fused-ring (bicyclic) bond motifs is 1. The summed E-state index contributed by atoms with van der Waals surface area (Å²) in [6.07, 6.45) is 7.66. The first kappa shape index (κ1) is 27.6. The summed E-state index contributed by atoms with van der Waals surface area (Å²) in [5, 5.41) is 23.2. The molecule has 3 aliphatic rings. The van der Waals surface area contributed by atoms with Gasteiger partial charge in [0, 0.05) is 38.5 Å². The number of carbonyl (C=O) groups is 1. The number of aliphatic carboxylic acids is 1. The molecular formula is C31H40N4O4. The number of likely N-dealkylation sites (tertiary alicyclic amines) is 1. The molecule has 5 rings (SSSR count). The maximum atomic E-state index is 12.6. The molecular weight excluding hydrogens is 492 g/mol. The van der Waals surface area contributed by atoms with Crippen LogP contribution in [0, 0.1) is 17.2 Å². The van der Waals surface area contributed by atoms with Crippen molar-refractivity contribution in [1.29, 1.82) is 5.26 Å². The lowest BCUT2D eigenvalue weighted by molar-refractivity contribution is -0.143. The van der Waals surface area contributed by atoms with E-state index in [9.17, 15) is 15.2 Å². The molecule has 2 unspecified atom stereocenters. The molecule has 39 heavy (non-hydrogen) atoms. The fourth-order valence-corrected chi connectivity index (χ4v) is 6.08. The highest BCUT2D eigenvalue weighted by Gasteiger charge is 2.37. The van der Waals surface area contributed by atoms with Gasteiger partial charge >= 0.3 is 5.97 Å². The molecule has 2 N–H and O–H groups in total. The Morgan fingerprint density at radius 3 is 2.97 bits per heavy atom. The summed E-state index contributed by atoms with van der Waals surface area (Å²) in [4.78, 5) is 19.3. The van der Waals surface area contributed by atoms with Crippen molar-refractivity contribution in [3.05, 3.63) is 58.3 Å². The number of rotatable bonds is 10. The van der Waals surface area contributed by atoms with Gasteiger partial charge < -0.3 is 19.9 Å². The van der Waals surface area contributed by atoms with Crippen molar-refractivity contribution in [2.24, 2.45) is 5.92 Å². The highest BCUT2D eigenvalue weighted by Crippen LogP contribution is 2.38. The van der Waals surface area contributed by atoms with Crippen molar-refractivity contribution >= 4 is 11.8 Å². The number of ether oxygens (including phenoxy) is 2. The van der Waals surface area contributed by atoms with Crippen molar-refractivity contribution in [3.63, 3.8) is 0 Å². The van der Waals surface area contributed by atoms with Gasteiger partial charge in [0.1, 0.15) is 11.9 Å². The third-order valence-corrected chi connectivity index (χ3v) is 8.27. The molecule has 8 heteroatoms. The monoisotopic (exact) mass is 532 g/mol. The third kappa shape index (κ3) is 6.78. The molecule has 8 nitrogen and oxygen atoms in total. The number of hydrogen-bond acceptors (Lipinski definition) is 7. The molecule has 0 saturated carbocycles. The fraction of sp³-hybridized carbons (Fsp3) is 0.581. The SMILES string of the molecule is CC1CCC(c2cc(C#N)ccc2[C@@H](C(=O)O)N2CC[C@@H](OCCCCc3ccc4c(n3)NCCC4)C2)OC1. The molecule has 208 valence electrons. The van der Waals surface area contributed by atoms with E-state index in [1.807, 2.05) is 17.0 Å². The molecule has 3 aliphatic heterocycles. The van der Waals surface area contributed by atoms with Crippen LogP contribution in [0.1, 0.15) is 85.5 Å². The number of pyridine rings is 1. The summed E-state index contributed by atoms with van der Waals surface area (Å²) in [6, 6.07) is 11.1. The van der Waals surface area contributed by atoms with Gasteiger partial charge in [-0.05, 0) is 92.2 Å². The highest BCUT2D eigenvalue weighted by molar-refractivity contribution is 5.76. The first-order valence-corrected chi connectivity index (χ1v) is 14.5. The molecule has 0 amide bonds. The first-order chi connectivity index (χ1) is 19.0. The summed E-state index contributed by atoms with van der Waals surface area (Å²) in [7, 11) is 0. The summed E-state index contributed by atoms with van der Waals surface area (Å²) in [5.41, 5.74) is 4.53. The van der Waals surface area contributed by atoms with Crippen LogP contribution in [0.3, 0.4) is 0 Å². The summed E-state index contributed by atoms with van der Waals surface area (Å²) in [5.74, 6) is 0.656. The average molecular weight is 533 g/mol. The number of aryl methyl sites for hydroxylation is 2. The Bertz CT molecular complexity index is 1190. The van der Waals surface area contributed by atoms with E-state index < -0.39 is 12.0 Å². The topological polar surface area (TPSA) is 108 Å². The summed E-state index contributed by atoms with van der Waals surface area (Å²) >= 11 is 0. The number of anilines is 1. The molecule has 0 aliphatic carbocycles. The zero-order valence-electron chi connectivity index (χ0n) is 22.9. The minimum Gasteiger partial charge on any atom is -0.480 e. The van der Waals surface area contributed by atoms with Gasteiger partial charge in [-0.2, -0.15) is 5.26 Å². The molecule has 1 aromatic carbocycles. The van der Waals surface area contributed by atoms with Crippen LogP contribution in [0.2, 0.25) is 0 Å². The predicted octanol–water partition coefficient (Wildman–Crippen LogP) is 5.04. The molecule has 0 bridgehead atoms. The second-order valence-corrected chi connectivity index (χ2v) is 11.3. The van der Waals surface area contributed by atoms with E-state index in [0.717, 1.165) is 74.1 Å². The molecule has 2 aromatic rings. The van der Waals surface area contributed by atoms with Crippen LogP contribution < -0.4 is 5.32 Å². The molecule has 0 spiro atoms. The quantitative estimate of drug-likeness (QED) is 0.410. The molecule has 0 radical (unpaired) electrons. The lowest BCUT2D eigenvalue weighted by Crippen LogP contribution is -2.34. The number of nitrogens with zero attached hydrogens (tertiary/aromatic N) is 3. The van der Waals surface area contributed by atoms with Crippen molar-refractivity contribution in [2.75, 3.05) is 38.2 Å². The van der Waals surface area contributed by atoms with Crippen LogP contribution in [-0.2, 0) is 27.1 Å². The maximum absolute atomic E-state index is 12.6. The zero-order chi connectivity index (χ0) is 27.2. The van der Waals surface area contributed by atoms with Gasteiger partial charge in [0.25, 0.3) is 0 Å². The Hall–Kier alpha value is -2.99. The predicted molar refractivity (Wildman–Crippen MR) is 149 cm³/mol. The standard InChI is InChI=1S/C31H40N4O4/c1-21-7-12-28(39-20-21)27-17-22(18-32)8-11-26(27)29(31(36)37)35-15-13-25(19-35)38-16-3-2-6-24-10-9-23-5-4-14-33-30(23)34-24/h8-11,17,21,25,28-29H,2-7,12-16,19-20H2,1H3,(H,33,34)(H,36,37)/t21?,25-,28?,29+/m1/s1. The Morgan fingerprint density at radius 2 is 2.18 bits per heavy atom. The number of benzene rings is 1. The largest absolute Gasteiger partial charge is 0.480 e. The van der Waals surface area contributed by atoms with E-state index in [1.165, 1.54) is 12.0 Å². The number of nitrogens with one attached hydrogen (secondary N) is 1. The normalized spacial score (nSPS) is 23.9. The second-order valence-electron chi connectivity index (χ2n) is 11.3. The van der Waals surface area contributed by atoms with Gasteiger partial charge in [-0.1, -0.05) is 19.1 Å². The van der Waals surface area contributed by atoms with E-state index >= 15 is 0 Å². The van der Waals surface area contributed by atoms with E-state index in [-0.39, 0.29) is 12.2 Å². The van der Waals surface area contributed by atoms with Gasteiger partial charge in [0.05, 0.1) is 23.8 Å². The lowest BCUT2D eigenvalue weighted by atomic mass is 9.89. The van der Waals surface area contributed by atoms with Crippen LogP contribution in [0.25, 0.3) is 0 Å². The van der Waals surface area contributed by atoms with Crippen LogP contribution >= 0.6 is 0 Å². The van der Waals surface area contributed by atoms with Crippen molar-refractivity contribution in [2.45, 2.75) is 76.5 Å². The van der Waals surface area contributed by atoms with Crippen molar-refractivity contribution < 1.29 is 19.4 Å². The Labute approximate surface area is 231 Å². The van der Waals surface area contributed by atoms with Crippen LogP contribution in [0.5, 0.6) is 0 Å². The van der Waals surface area contributed by atoms with Crippen LogP contribution in [0.4, 0.5) is 5.82 Å². The fourth-order valence-electron chi connectivity index (χ4n) is 6.08. The summed E-state index contributed by atoms with van der Waals surface area (Å²) in [6.45, 7) is 5.72. The Morgan fingerprint density at radius 1 is 1.28 bits per heavy atom. The number of hydrogen-bond donors (Lipinski definition) is 2. The van der Waals surface area contributed by atoms with E-state index in [2.05, 4.69) is 30.4 Å². The number of nitriles is 1. The van der Waals surface area contributed by atoms with Gasteiger partial charge in [0.15, 0.2) is 0 Å². The molecule has 4 atom stereocenters. The third-order valence-electron chi connectivity index (χ3n) is 8.27. The molecule has 2 fully saturated rings. The van der Waals surface area contributed by atoms with Crippen LogP contribution in [-0.4, -0.2) is 59.9 Å². The number of carboxylic acids is 1. The van der Waals surface area contributed by atoms with Gasteiger partial charge in [-0.3, -0.25) is 9.69 Å². The molecule has 1 aromatic heterocycles. The Kier molecular flexibility index (Phi) is 9.13. The number of aromatic nitrogens is 1. The van der Waals surface area contributed by atoms with E-state index in [1.54, 1.807) is 6.07 Å². The Balaban J connectivity index is 1.15. The minimum absolute atomic E-state index is 0.0199. The van der Waals surface area contributed by atoms with Crippen molar-refractivity contribution in [1.82, 2.24) is 9.88 Å². The minimum atomic E-state index is -0.877. The maximum Gasteiger partial charge on any atom is 0.325 e. The van der Waals surface area contributed by atoms with Gasteiger partial charge in [0.2, 0.25) is 0 Å². The highest BCUT2D eigenvalue weighted by atomic mass is 16.5. The van der Waals surface area contributed by atoms with Crippen molar-refractivity contribution in [3.8, 4) is 6.07 Å². The number of carboxylic acid groups (broad SMARTS) is 1. The van der Waals surface area contributed by atoms with E-state index in [0.29, 0.717) is 37.8 Å². The summed E-state index contributed by atoms with van der Waals surface area (Å²) < 4.78 is 12.3.